The van der Waals surface area contributed by atoms with Crippen molar-refractivity contribution >= 4 is 28.8 Å². The lowest BCUT2D eigenvalue weighted by Crippen LogP contribution is -2.63. The van der Waals surface area contributed by atoms with Crippen LogP contribution >= 0.6 is 11.6 Å². The number of aldehydes is 1. The van der Waals surface area contributed by atoms with Crippen LogP contribution in [0, 0.1) is 11.8 Å². The number of rotatable bonds is 5. The number of carbonyl (C=O) groups excluding carboxylic acids is 1. The molecule has 1 aromatic heterocycles. The summed E-state index contributed by atoms with van der Waals surface area (Å²) in [6.45, 7) is 1.26. The second-order valence-electron chi connectivity index (χ2n) is 9.09. The van der Waals surface area contributed by atoms with E-state index < -0.39 is 17.9 Å². The van der Waals surface area contributed by atoms with Crippen LogP contribution in [0.1, 0.15) is 24.8 Å². The second kappa shape index (κ2) is 8.53. The molecule has 2 heterocycles. The third-order valence-corrected chi connectivity index (χ3v) is 7.47. The molecule has 0 amide bonds. The van der Waals surface area contributed by atoms with Crippen LogP contribution in [-0.4, -0.2) is 41.2 Å². The van der Waals surface area contributed by atoms with E-state index in [2.05, 4.69) is 29.2 Å². The van der Waals surface area contributed by atoms with Gasteiger partial charge in [0.2, 0.25) is 0 Å². The number of nitrogens with zero attached hydrogens (tertiary/aromatic N) is 2. The number of benzene rings is 2. The van der Waals surface area contributed by atoms with Crippen molar-refractivity contribution in [3.8, 4) is 11.1 Å². The number of fused-ring (bicyclic) bond motifs is 1. The van der Waals surface area contributed by atoms with Crippen molar-refractivity contribution in [3.05, 3.63) is 65.3 Å². The quantitative estimate of drug-likeness (QED) is 0.441. The minimum Gasteiger partial charge on any atom is -0.303 e. The summed E-state index contributed by atoms with van der Waals surface area (Å²) in [7, 11) is 0. The molecule has 2 atom stereocenters. The van der Waals surface area contributed by atoms with E-state index in [0.717, 1.165) is 41.3 Å². The van der Waals surface area contributed by atoms with Crippen molar-refractivity contribution in [3.63, 3.8) is 0 Å². The number of carbonyl (C=O) groups is 1. The summed E-state index contributed by atoms with van der Waals surface area (Å²) in [4.78, 5) is 17.4. The van der Waals surface area contributed by atoms with Crippen LogP contribution < -0.4 is 0 Å². The van der Waals surface area contributed by atoms with Crippen LogP contribution in [0.3, 0.4) is 0 Å². The maximum Gasteiger partial charge on any atom is 0.264 e. The summed E-state index contributed by atoms with van der Waals surface area (Å²) in [5.74, 6) is -2.79. The van der Waals surface area contributed by atoms with Gasteiger partial charge in [0.15, 0.2) is 0 Å². The van der Waals surface area contributed by atoms with E-state index in [9.17, 15) is 13.6 Å². The Bertz CT molecular complexity index is 1130. The zero-order valence-electron chi connectivity index (χ0n) is 17.7. The van der Waals surface area contributed by atoms with E-state index in [1.165, 1.54) is 5.56 Å². The first-order valence-electron chi connectivity index (χ1n) is 11.2. The Hall–Kier alpha value is -2.37. The molecule has 0 bridgehead atoms. The van der Waals surface area contributed by atoms with Gasteiger partial charge in [0.05, 0.1) is 16.6 Å². The van der Waals surface area contributed by atoms with Gasteiger partial charge in [0, 0.05) is 29.5 Å². The molecule has 32 heavy (non-hydrogen) atoms. The fourth-order valence-corrected chi connectivity index (χ4v) is 5.58. The van der Waals surface area contributed by atoms with Crippen LogP contribution in [-0.2, 0) is 11.2 Å². The monoisotopic (exact) mass is 454 g/mol. The number of hydrogen-bond acceptors (Lipinski definition) is 3. The summed E-state index contributed by atoms with van der Waals surface area (Å²) < 4.78 is 27.9. The zero-order valence-corrected chi connectivity index (χ0v) is 18.4. The third kappa shape index (κ3) is 3.93. The molecule has 1 aliphatic carbocycles. The summed E-state index contributed by atoms with van der Waals surface area (Å²) in [6, 6.07) is 15.3. The Balaban J connectivity index is 1.23. The van der Waals surface area contributed by atoms with E-state index in [-0.39, 0.29) is 6.42 Å². The predicted octanol–water partition coefficient (Wildman–Crippen LogP) is 6.03. The number of alkyl halides is 2. The van der Waals surface area contributed by atoms with Crippen LogP contribution in [0.25, 0.3) is 22.0 Å². The molecule has 6 heteroatoms. The maximum atomic E-state index is 13.9. The van der Waals surface area contributed by atoms with Gasteiger partial charge in [0.1, 0.15) is 6.29 Å². The van der Waals surface area contributed by atoms with Crippen LogP contribution in [0.5, 0.6) is 0 Å². The number of para-hydroxylation sites is 1. The SMILES string of the molecule is O=CC1CC(F)(F)C1N1CCC(Cc2ccc(-c3cnc4ccccc4c3Cl)cc2)CC1. The highest BCUT2D eigenvalue weighted by Crippen LogP contribution is 2.46. The van der Waals surface area contributed by atoms with Gasteiger partial charge in [-0.15, -0.1) is 0 Å². The molecule has 166 valence electrons. The molecule has 1 aliphatic heterocycles. The van der Waals surface area contributed by atoms with Crippen molar-refractivity contribution in [2.75, 3.05) is 13.1 Å². The molecule has 0 spiro atoms. The molecule has 1 saturated heterocycles. The van der Waals surface area contributed by atoms with Crippen molar-refractivity contribution in [1.82, 2.24) is 9.88 Å². The van der Waals surface area contributed by atoms with Gasteiger partial charge in [-0.3, -0.25) is 9.88 Å². The molecule has 2 fully saturated rings. The molecule has 1 saturated carbocycles. The summed E-state index contributed by atoms with van der Waals surface area (Å²) >= 11 is 6.65. The fourth-order valence-electron chi connectivity index (χ4n) is 5.26. The van der Waals surface area contributed by atoms with Crippen molar-refractivity contribution in [2.24, 2.45) is 11.8 Å². The molecule has 3 nitrogen and oxygen atoms in total. The number of piperidine rings is 1. The molecule has 3 aromatic rings. The van der Waals surface area contributed by atoms with E-state index in [0.29, 0.717) is 30.3 Å². The third-order valence-electron chi connectivity index (χ3n) is 7.06. The Morgan fingerprint density at radius 2 is 1.81 bits per heavy atom. The first-order chi connectivity index (χ1) is 15.5. The van der Waals surface area contributed by atoms with E-state index in [1.54, 1.807) is 0 Å². The summed E-state index contributed by atoms with van der Waals surface area (Å²) in [5.41, 5.74) is 4.05. The lowest BCUT2D eigenvalue weighted by atomic mass is 9.74. The summed E-state index contributed by atoms with van der Waals surface area (Å²) in [5, 5.41) is 1.65. The van der Waals surface area contributed by atoms with Crippen LogP contribution in [0.4, 0.5) is 8.78 Å². The Morgan fingerprint density at radius 1 is 1.09 bits per heavy atom. The van der Waals surface area contributed by atoms with Gasteiger partial charge in [-0.1, -0.05) is 54.1 Å². The Kier molecular flexibility index (Phi) is 5.72. The first kappa shape index (κ1) is 21.5. The van der Waals surface area contributed by atoms with Crippen molar-refractivity contribution < 1.29 is 13.6 Å². The predicted molar refractivity (Wildman–Crippen MR) is 123 cm³/mol. The van der Waals surface area contributed by atoms with E-state index >= 15 is 0 Å². The van der Waals surface area contributed by atoms with Crippen LogP contribution in [0.2, 0.25) is 5.02 Å². The van der Waals surface area contributed by atoms with E-state index in [1.807, 2.05) is 35.4 Å². The average molecular weight is 455 g/mol. The van der Waals surface area contributed by atoms with Crippen LogP contribution in [0.15, 0.2) is 54.7 Å². The lowest BCUT2D eigenvalue weighted by Gasteiger charge is -2.49. The highest BCUT2D eigenvalue weighted by molar-refractivity contribution is 6.38. The van der Waals surface area contributed by atoms with Gasteiger partial charge in [-0.2, -0.15) is 0 Å². The number of halogens is 3. The van der Waals surface area contributed by atoms with Crippen molar-refractivity contribution in [2.45, 2.75) is 37.6 Å². The average Bonchev–Trinajstić information content (AvgIpc) is 2.80. The molecular formula is C26H25ClF2N2O. The Labute approximate surface area is 191 Å². The van der Waals surface area contributed by atoms with Gasteiger partial charge >= 0.3 is 0 Å². The van der Waals surface area contributed by atoms with Gasteiger partial charge in [0.25, 0.3) is 5.92 Å². The maximum absolute atomic E-state index is 13.9. The molecule has 2 unspecified atom stereocenters. The zero-order chi connectivity index (χ0) is 22.3. The lowest BCUT2D eigenvalue weighted by molar-refractivity contribution is -0.188. The highest BCUT2D eigenvalue weighted by Gasteiger charge is 2.58. The second-order valence-corrected chi connectivity index (χ2v) is 9.47. The summed E-state index contributed by atoms with van der Waals surface area (Å²) in [6.07, 6.45) is 4.89. The first-order valence-corrected chi connectivity index (χ1v) is 11.5. The number of aromatic nitrogens is 1. The number of hydrogen-bond donors (Lipinski definition) is 0. The molecule has 5 rings (SSSR count). The minimum atomic E-state index is -2.73. The molecule has 2 aromatic carbocycles. The van der Waals surface area contributed by atoms with Gasteiger partial charge < -0.3 is 4.79 Å². The molecular weight excluding hydrogens is 430 g/mol. The topological polar surface area (TPSA) is 33.2 Å². The number of likely N-dealkylation sites (tertiary alicyclic amines) is 1. The highest BCUT2D eigenvalue weighted by atomic mass is 35.5. The normalized spacial score (nSPS) is 23.7. The number of pyridine rings is 1. The molecule has 0 radical (unpaired) electrons. The molecule has 0 N–H and O–H groups in total. The minimum absolute atomic E-state index is 0.301. The van der Waals surface area contributed by atoms with Gasteiger partial charge in [-0.05, 0) is 55.5 Å². The van der Waals surface area contributed by atoms with Crippen molar-refractivity contribution in [1.29, 1.82) is 0 Å². The fraction of sp³-hybridized carbons (Fsp3) is 0.385. The van der Waals surface area contributed by atoms with E-state index in [4.69, 9.17) is 11.6 Å². The van der Waals surface area contributed by atoms with Gasteiger partial charge in [-0.25, -0.2) is 8.78 Å². The molecule has 2 aliphatic rings. The Morgan fingerprint density at radius 3 is 2.50 bits per heavy atom. The largest absolute Gasteiger partial charge is 0.303 e. The smallest absolute Gasteiger partial charge is 0.264 e. The standard InChI is InChI=1S/C26H25ClF2N2O/c27-24-21-3-1-2-4-23(21)30-15-22(24)19-7-5-17(6-8-19)13-18-9-11-31(12-10-18)25-20(16-32)14-26(25,28)29/h1-8,15-16,18,20,25H,9-14H2.